The number of aliphatic hydroxyl groups is 1. The zero-order valence-electron chi connectivity index (χ0n) is 16.4. The van der Waals surface area contributed by atoms with Crippen LogP contribution < -0.4 is 15.5 Å². The van der Waals surface area contributed by atoms with Gasteiger partial charge in [0.2, 0.25) is 0 Å². The summed E-state index contributed by atoms with van der Waals surface area (Å²) in [5, 5.41) is 15.0. The number of methoxy groups -OCH3 is 1. The summed E-state index contributed by atoms with van der Waals surface area (Å²) in [6, 6.07) is 15.7. The standard InChI is InChI=1S/C22H29N3O3/c1-28-16-19-4-2-3-5-21(19)24-22(27)23-14-17-6-8-20(9-7-17)25-12-10-18(15-26)11-13-25/h2-9,18,26H,10-16H2,1H3,(H2,23,24,27). The Labute approximate surface area is 166 Å². The van der Waals surface area contributed by atoms with E-state index in [4.69, 9.17) is 4.74 Å². The van der Waals surface area contributed by atoms with Crippen LogP contribution in [0.2, 0.25) is 0 Å². The van der Waals surface area contributed by atoms with E-state index in [1.54, 1.807) is 7.11 Å². The fraction of sp³-hybridized carbons (Fsp3) is 0.409. The fourth-order valence-corrected chi connectivity index (χ4v) is 3.47. The quantitative estimate of drug-likeness (QED) is 0.685. The highest BCUT2D eigenvalue weighted by Crippen LogP contribution is 2.23. The number of amides is 2. The molecule has 1 aliphatic heterocycles. The van der Waals surface area contributed by atoms with Crippen molar-refractivity contribution in [2.24, 2.45) is 5.92 Å². The molecule has 28 heavy (non-hydrogen) atoms. The largest absolute Gasteiger partial charge is 0.396 e. The molecule has 2 amide bonds. The van der Waals surface area contributed by atoms with Gasteiger partial charge in [-0.3, -0.25) is 0 Å². The van der Waals surface area contributed by atoms with E-state index in [1.807, 2.05) is 36.4 Å². The van der Waals surface area contributed by atoms with E-state index in [0.717, 1.165) is 42.7 Å². The maximum absolute atomic E-state index is 12.2. The van der Waals surface area contributed by atoms with Gasteiger partial charge in [0.05, 0.1) is 6.61 Å². The van der Waals surface area contributed by atoms with Gasteiger partial charge in [0.15, 0.2) is 0 Å². The Bertz CT molecular complexity index is 756. The van der Waals surface area contributed by atoms with Gasteiger partial charge >= 0.3 is 6.03 Å². The number of para-hydroxylation sites is 1. The average molecular weight is 383 g/mol. The molecule has 1 saturated heterocycles. The first-order valence-electron chi connectivity index (χ1n) is 9.76. The molecule has 6 heteroatoms. The predicted octanol–water partition coefficient (Wildman–Crippen LogP) is 3.36. The molecule has 3 N–H and O–H groups in total. The van der Waals surface area contributed by atoms with Crippen molar-refractivity contribution < 1.29 is 14.6 Å². The zero-order chi connectivity index (χ0) is 19.8. The molecule has 0 aromatic heterocycles. The van der Waals surface area contributed by atoms with Gasteiger partial charge in [-0.25, -0.2) is 4.79 Å². The van der Waals surface area contributed by atoms with Crippen LogP contribution >= 0.6 is 0 Å². The molecule has 2 aromatic rings. The lowest BCUT2D eigenvalue weighted by Gasteiger charge is -2.33. The molecule has 150 valence electrons. The van der Waals surface area contributed by atoms with Gasteiger partial charge in [0.25, 0.3) is 0 Å². The number of nitrogens with zero attached hydrogens (tertiary/aromatic N) is 1. The van der Waals surface area contributed by atoms with E-state index in [-0.39, 0.29) is 12.6 Å². The second-order valence-electron chi connectivity index (χ2n) is 7.18. The molecule has 3 rings (SSSR count). The van der Waals surface area contributed by atoms with Crippen LogP contribution in [-0.4, -0.2) is 37.9 Å². The van der Waals surface area contributed by atoms with Crippen LogP contribution in [-0.2, 0) is 17.9 Å². The SMILES string of the molecule is COCc1ccccc1NC(=O)NCc1ccc(N2CCC(CO)CC2)cc1. The number of ether oxygens (including phenoxy) is 1. The Hall–Kier alpha value is -2.57. The van der Waals surface area contributed by atoms with Crippen molar-refractivity contribution in [2.75, 3.05) is 37.0 Å². The van der Waals surface area contributed by atoms with Crippen LogP contribution in [0.4, 0.5) is 16.2 Å². The zero-order valence-corrected chi connectivity index (χ0v) is 16.4. The molecule has 1 aliphatic rings. The molecule has 0 bridgehead atoms. The van der Waals surface area contributed by atoms with Gasteiger partial charge in [-0.05, 0) is 42.5 Å². The summed E-state index contributed by atoms with van der Waals surface area (Å²) in [4.78, 5) is 14.6. The summed E-state index contributed by atoms with van der Waals surface area (Å²) in [6.07, 6.45) is 2.06. The first-order chi connectivity index (χ1) is 13.7. The van der Waals surface area contributed by atoms with Crippen LogP contribution in [0.5, 0.6) is 0 Å². The maximum atomic E-state index is 12.2. The number of anilines is 2. The number of benzene rings is 2. The minimum absolute atomic E-state index is 0.237. The lowest BCUT2D eigenvalue weighted by molar-refractivity contribution is 0.185. The summed E-state index contributed by atoms with van der Waals surface area (Å²) in [5.74, 6) is 0.437. The smallest absolute Gasteiger partial charge is 0.319 e. The number of carbonyl (C=O) groups is 1. The minimum atomic E-state index is -0.237. The second-order valence-corrected chi connectivity index (χ2v) is 7.18. The fourth-order valence-electron chi connectivity index (χ4n) is 3.47. The van der Waals surface area contributed by atoms with E-state index >= 15 is 0 Å². The van der Waals surface area contributed by atoms with Crippen LogP contribution in [0.25, 0.3) is 0 Å². The summed E-state index contributed by atoms with van der Waals surface area (Å²) in [5.41, 5.74) is 3.94. The van der Waals surface area contributed by atoms with E-state index < -0.39 is 0 Å². The Morgan fingerprint density at radius 3 is 2.54 bits per heavy atom. The molecule has 0 radical (unpaired) electrons. The number of hydrogen-bond acceptors (Lipinski definition) is 4. The first kappa shape index (κ1) is 20.2. The first-order valence-corrected chi connectivity index (χ1v) is 9.76. The third-order valence-corrected chi connectivity index (χ3v) is 5.19. The summed E-state index contributed by atoms with van der Waals surface area (Å²) in [6.45, 7) is 3.16. The monoisotopic (exact) mass is 383 g/mol. The molecular weight excluding hydrogens is 354 g/mol. The van der Waals surface area contributed by atoms with Crippen molar-refractivity contribution in [2.45, 2.75) is 26.0 Å². The Kier molecular flexibility index (Phi) is 7.28. The Morgan fingerprint density at radius 2 is 1.86 bits per heavy atom. The van der Waals surface area contributed by atoms with Gasteiger partial charge in [-0.1, -0.05) is 30.3 Å². The van der Waals surface area contributed by atoms with Crippen molar-refractivity contribution in [1.29, 1.82) is 0 Å². The van der Waals surface area contributed by atoms with Crippen molar-refractivity contribution >= 4 is 17.4 Å². The molecular formula is C22H29N3O3. The molecule has 0 atom stereocenters. The number of carbonyl (C=O) groups excluding carboxylic acids is 1. The van der Waals surface area contributed by atoms with E-state index in [2.05, 4.69) is 27.7 Å². The topological polar surface area (TPSA) is 73.8 Å². The van der Waals surface area contributed by atoms with Gasteiger partial charge in [0.1, 0.15) is 0 Å². The number of piperidine rings is 1. The van der Waals surface area contributed by atoms with Crippen LogP contribution in [0.3, 0.4) is 0 Å². The highest BCUT2D eigenvalue weighted by atomic mass is 16.5. The molecule has 1 fully saturated rings. The summed E-state index contributed by atoms with van der Waals surface area (Å²) >= 11 is 0. The van der Waals surface area contributed by atoms with Gasteiger partial charge in [-0.2, -0.15) is 0 Å². The normalized spacial score (nSPS) is 14.7. The Balaban J connectivity index is 1.49. The van der Waals surface area contributed by atoms with E-state index in [9.17, 15) is 9.90 Å². The number of rotatable bonds is 7. The van der Waals surface area contributed by atoms with Crippen molar-refractivity contribution in [3.63, 3.8) is 0 Å². The second kappa shape index (κ2) is 10.1. The maximum Gasteiger partial charge on any atom is 0.319 e. The van der Waals surface area contributed by atoms with Crippen LogP contribution in [0.15, 0.2) is 48.5 Å². The lowest BCUT2D eigenvalue weighted by atomic mass is 9.97. The average Bonchev–Trinajstić information content (AvgIpc) is 2.74. The van der Waals surface area contributed by atoms with Crippen LogP contribution in [0.1, 0.15) is 24.0 Å². The van der Waals surface area contributed by atoms with Gasteiger partial charge in [0, 0.05) is 50.3 Å². The molecule has 0 saturated carbocycles. The van der Waals surface area contributed by atoms with Gasteiger partial charge in [-0.15, -0.1) is 0 Å². The third-order valence-electron chi connectivity index (χ3n) is 5.19. The molecule has 6 nitrogen and oxygen atoms in total. The highest BCUT2D eigenvalue weighted by molar-refractivity contribution is 5.90. The summed E-state index contributed by atoms with van der Waals surface area (Å²) in [7, 11) is 1.63. The number of urea groups is 1. The molecule has 0 aliphatic carbocycles. The number of nitrogens with one attached hydrogen (secondary N) is 2. The third kappa shape index (κ3) is 5.47. The number of aliphatic hydroxyl groups excluding tert-OH is 1. The lowest BCUT2D eigenvalue weighted by Crippen LogP contribution is -2.34. The van der Waals surface area contributed by atoms with Crippen molar-refractivity contribution in [1.82, 2.24) is 5.32 Å². The molecule has 0 spiro atoms. The van der Waals surface area contributed by atoms with Crippen LogP contribution in [0, 0.1) is 5.92 Å². The van der Waals surface area contributed by atoms with E-state index in [0.29, 0.717) is 19.1 Å². The molecule has 0 unspecified atom stereocenters. The minimum Gasteiger partial charge on any atom is -0.396 e. The molecule has 1 heterocycles. The van der Waals surface area contributed by atoms with E-state index in [1.165, 1.54) is 5.69 Å². The Morgan fingerprint density at radius 1 is 1.14 bits per heavy atom. The van der Waals surface area contributed by atoms with Crippen molar-refractivity contribution in [3.05, 3.63) is 59.7 Å². The molecule has 2 aromatic carbocycles. The summed E-state index contributed by atoms with van der Waals surface area (Å²) < 4.78 is 5.16. The van der Waals surface area contributed by atoms with Gasteiger partial charge < -0.3 is 25.4 Å². The van der Waals surface area contributed by atoms with Crippen molar-refractivity contribution in [3.8, 4) is 0 Å². The predicted molar refractivity (Wildman–Crippen MR) is 111 cm³/mol. The highest BCUT2D eigenvalue weighted by Gasteiger charge is 2.18. The number of hydrogen-bond donors (Lipinski definition) is 3.